The number of nitrogens with zero attached hydrogens (tertiary/aromatic N) is 2. The molecular weight excluding hydrogens is 561 g/mol. The summed E-state index contributed by atoms with van der Waals surface area (Å²) in [6.45, 7) is 0.539. The minimum atomic E-state index is -4.93. The van der Waals surface area contributed by atoms with Crippen LogP contribution in [0.2, 0.25) is 0 Å². The number of aromatic nitrogens is 2. The number of nitrogens with two attached hydrogens (primary N) is 1. The minimum absolute atomic E-state index is 0.158. The quantitative estimate of drug-likeness (QED) is 0.299. The molecule has 1 saturated heterocycles. The summed E-state index contributed by atoms with van der Waals surface area (Å²) in [4.78, 5) is 27.6. The predicted molar refractivity (Wildman–Crippen MR) is 144 cm³/mol. The second-order valence-electron chi connectivity index (χ2n) is 9.92. The SMILES string of the molecule is Cc1c(-c2cccc(OC3COC3)c2F)c(=O)n(C[C@H](N)c2ccccc2)c(=O)n1Cc1c(F)cccc1C(F)(F)F. The average molecular weight is 588 g/mol. The van der Waals surface area contributed by atoms with E-state index in [1.54, 1.807) is 30.3 Å². The first kappa shape index (κ1) is 29.2. The Morgan fingerprint density at radius 3 is 2.31 bits per heavy atom. The lowest BCUT2D eigenvalue weighted by Crippen LogP contribution is -2.44. The molecule has 12 heteroatoms. The van der Waals surface area contributed by atoms with Crippen LogP contribution in [-0.4, -0.2) is 28.5 Å². The van der Waals surface area contributed by atoms with Crippen molar-refractivity contribution in [2.75, 3.05) is 13.2 Å². The highest BCUT2D eigenvalue weighted by Crippen LogP contribution is 2.34. The topological polar surface area (TPSA) is 88.5 Å². The van der Waals surface area contributed by atoms with Gasteiger partial charge in [-0.05, 0) is 30.7 Å². The Hall–Kier alpha value is -4.29. The molecule has 0 unspecified atom stereocenters. The minimum Gasteiger partial charge on any atom is -0.482 e. The summed E-state index contributed by atoms with van der Waals surface area (Å²) >= 11 is 0. The van der Waals surface area contributed by atoms with Crippen molar-refractivity contribution in [2.45, 2.75) is 38.3 Å². The molecule has 4 aromatic rings. The van der Waals surface area contributed by atoms with Crippen molar-refractivity contribution >= 4 is 0 Å². The van der Waals surface area contributed by atoms with Crippen LogP contribution in [0.3, 0.4) is 0 Å². The van der Waals surface area contributed by atoms with Gasteiger partial charge in [-0.2, -0.15) is 13.2 Å². The smallest absolute Gasteiger partial charge is 0.416 e. The number of hydrogen-bond acceptors (Lipinski definition) is 5. The molecule has 0 aliphatic carbocycles. The summed E-state index contributed by atoms with van der Waals surface area (Å²) in [5.74, 6) is -2.27. The Bertz CT molecular complexity index is 1730. The van der Waals surface area contributed by atoms with Gasteiger partial charge in [-0.1, -0.05) is 48.5 Å². The highest BCUT2D eigenvalue weighted by atomic mass is 19.4. The van der Waals surface area contributed by atoms with E-state index in [2.05, 4.69) is 0 Å². The molecule has 0 radical (unpaired) electrons. The van der Waals surface area contributed by atoms with E-state index in [0.29, 0.717) is 11.6 Å². The lowest BCUT2D eigenvalue weighted by atomic mass is 10.0. The number of benzene rings is 3. The fourth-order valence-electron chi connectivity index (χ4n) is 4.86. The van der Waals surface area contributed by atoms with Crippen LogP contribution in [0.15, 0.2) is 76.3 Å². The molecule has 2 N–H and O–H groups in total. The van der Waals surface area contributed by atoms with Gasteiger partial charge in [0, 0.05) is 22.9 Å². The molecule has 1 aliphatic heterocycles. The standard InChI is InChI=1S/C30H26F5N3O4/c1-17-26(20-9-5-12-25(27(20)32)42-19-15-41-16-19)28(39)38(14-24(36)18-7-3-2-4-8-18)29(40)37(17)13-21-22(30(33,34)35)10-6-11-23(21)31/h2-12,19,24H,13-16,36H2,1H3/t24-/m0/s1. The zero-order valence-electron chi connectivity index (χ0n) is 22.3. The van der Waals surface area contributed by atoms with Crippen LogP contribution in [0, 0.1) is 18.6 Å². The molecule has 5 rings (SSSR count). The van der Waals surface area contributed by atoms with Crippen LogP contribution in [0.5, 0.6) is 5.75 Å². The average Bonchev–Trinajstić information content (AvgIpc) is 2.93. The summed E-state index contributed by atoms with van der Waals surface area (Å²) in [7, 11) is 0. The third kappa shape index (κ3) is 5.59. The van der Waals surface area contributed by atoms with Crippen molar-refractivity contribution in [3.8, 4) is 16.9 Å². The van der Waals surface area contributed by atoms with Crippen LogP contribution in [0.4, 0.5) is 22.0 Å². The summed E-state index contributed by atoms with van der Waals surface area (Å²) in [6, 6.07) is 14.2. The van der Waals surface area contributed by atoms with Gasteiger partial charge in [0.25, 0.3) is 5.56 Å². The van der Waals surface area contributed by atoms with Crippen molar-refractivity contribution in [2.24, 2.45) is 5.73 Å². The van der Waals surface area contributed by atoms with Crippen LogP contribution < -0.4 is 21.7 Å². The lowest BCUT2D eigenvalue weighted by molar-refractivity contribution is -0.138. The molecule has 2 heterocycles. The molecule has 1 fully saturated rings. The molecule has 1 aromatic heterocycles. The van der Waals surface area contributed by atoms with E-state index in [-0.39, 0.29) is 42.3 Å². The molecule has 0 saturated carbocycles. The first-order valence-corrected chi connectivity index (χ1v) is 13.0. The maximum Gasteiger partial charge on any atom is 0.416 e. The largest absolute Gasteiger partial charge is 0.482 e. The van der Waals surface area contributed by atoms with Gasteiger partial charge < -0.3 is 15.2 Å². The van der Waals surface area contributed by atoms with Crippen molar-refractivity contribution in [1.82, 2.24) is 9.13 Å². The first-order chi connectivity index (χ1) is 20.0. The van der Waals surface area contributed by atoms with Crippen molar-refractivity contribution < 1.29 is 31.4 Å². The molecule has 3 aromatic carbocycles. The van der Waals surface area contributed by atoms with Crippen LogP contribution >= 0.6 is 0 Å². The summed E-state index contributed by atoms with van der Waals surface area (Å²) in [6.07, 6.45) is -5.32. The van der Waals surface area contributed by atoms with E-state index in [0.717, 1.165) is 21.3 Å². The fraction of sp³-hybridized carbons (Fsp3) is 0.267. The number of hydrogen-bond donors (Lipinski definition) is 1. The Morgan fingerprint density at radius 1 is 0.976 bits per heavy atom. The summed E-state index contributed by atoms with van der Waals surface area (Å²) < 4.78 is 84.4. The predicted octanol–water partition coefficient (Wildman–Crippen LogP) is 4.81. The van der Waals surface area contributed by atoms with Gasteiger partial charge in [-0.15, -0.1) is 0 Å². The highest BCUT2D eigenvalue weighted by molar-refractivity contribution is 5.67. The van der Waals surface area contributed by atoms with E-state index in [1.165, 1.54) is 25.1 Å². The summed E-state index contributed by atoms with van der Waals surface area (Å²) in [5, 5.41) is 0. The van der Waals surface area contributed by atoms with Gasteiger partial charge in [0.15, 0.2) is 11.6 Å². The van der Waals surface area contributed by atoms with Gasteiger partial charge in [0.05, 0.1) is 37.4 Å². The maximum atomic E-state index is 15.8. The van der Waals surface area contributed by atoms with Gasteiger partial charge in [-0.3, -0.25) is 13.9 Å². The van der Waals surface area contributed by atoms with Gasteiger partial charge >= 0.3 is 11.9 Å². The Balaban J connectivity index is 1.72. The zero-order chi connectivity index (χ0) is 30.2. The normalized spacial score (nSPS) is 14.5. The van der Waals surface area contributed by atoms with E-state index >= 15 is 4.39 Å². The van der Waals surface area contributed by atoms with Crippen LogP contribution in [0.25, 0.3) is 11.1 Å². The number of alkyl halides is 3. The third-order valence-corrected chi connectivity index (χ3v) is 7.17. The Morgan fingerprint density at radius 2 is 1.67 bits per heavy atom. The Labute approximate surface area is 236 Å². The fourth-order valence-corrected chi connectivity index (χ4v) is 4.86. The van der Waals surface area contributed by atoms with E-state index in [1.807, 2.05) is 0 Å². The van der Waals surface area contributed by atoms with Crippen molar-refractivity contribution in [1.29, 1.82) is 0 Å². The van der Waals surface area contributed by atoms with Crippen LogP contribution in [-0.2, 0) is 24.0 Å². The van der Waals surface area contributed by atoms with E-state index in [4.69, 9.17) is 15.2 Å². The molecule has 7 nitrogen and oxygen atoms in total. The zero-order valence-corrected chi connectivity index (χ0v) is 22.3. The lowest BCUT2D eigenvalue weighted by Gasteiger charge is -2.27. The number of ether oxygens (including phenoxy) is 2. The molecule has 220 valence electrons. The van der Waals surface area contributed by atoms with E-state index in [9.17, 15) is 27.2 Å². The maximum absolute atomic E-state index is 15.8. The molecule has 0 spiro atoms. The summed E-state index contributed by atoms with van der Waals surface area (Å²) in [5.41, 5.74) is 2.17. The highest BCUT2D eigenvalue weighted by Gasteiger charge is 2.35. The number of rotatable bonds is 8. The molecule has 0 amide bonds. The monoisotopic (exact) mass is 587 g/mol. The molecular formula is C30H26F5N3O4. The second kappa shape index (κ2) is 11.5. The van der Waals surface area contributed by atoms with E-state index < -0.39 is 58.9 Å². The van der Waals surface area contributed by atoms with Crippen molar-refractivity contribution in [3.05, 3.63) is 122 Å². The molecule has 42 heavy (non-hydrogen) atoms. The van der Waals surface area contributed by atoms with Crippen LogP contribution in [0.1, 0.15) is 28.4 Å². The third-order valence-electron chi connectivity index (χ3n) is 7.17. The number of halogens is 5. The van der Waals surface area contributed by atoms with Gasteiger partial charge in [0.1, 0.15) is 11.9 Å². The molecule has 1 aliphatic rings. The van der Waals surface area contributed by atoms with Gasteiger partial charge in [0.2, 0.25) is 0 Å². The second-order valence-corrected chi connectivity index (χ2v) is 9.92. The van der Waals surface area contributed by atoms with Crippen molar-refractivity contribution in [3.63, 3.8) is 0 Å². The molecule has 1 atom stereocenters. The molecule has 0 bridgehead atoms. The van der Waals surface area contributed by atoms with Gasteiger partial charge in [-0.25, -0.2) is 13.6 Å². The first-order valence-electron chi connectivity index (χ1n) is 13.0. The Kier molecular flexibility index (Phi) is 8.02.